The van der Waals surface area contributed by atoms with Gasteiger partial charge in [-0.05, 0) is 49.4 Å². The van der Waals surface area contributed by atoms with Crippen molar-refractivity contribution in [3.8, 4) is 11.3 Å². The quantitative estimate of drug-likeness (QED) is 0.377. The van der Waals surface area contributed by atoms with Crippen molar-refractivity contribution in [2.45, 2.75) is 6.92 Å². The highest BCUT2D eigenvalue weighted by Gasteiger charge is 2.14. The van der Waals surface area contributed by atoms with Crippen molar-refractivity contribution >= 4 is 29.7 Å². The van der Waals surface area contributed by atoms with Crippen molar-refractivity contribution in [3.63, 3.8) is 0 Å². The third kappa shape index (κ3) is 4.66. The minimum atomic E-state index is -0.494. The van der Waals surface area contributed by atoms with Crippen LogP contribution >= 0.6 is 11.6 Å². The molecular formula is C21H17ClN2O4. The fraction of sp³-hybridized carbons (Fsp3) is 0.0952. The van der Waals surface area contributed by atoms with Crippen LogP contribution in [0.2, 0.25) is 5.02 Å². The maximum Gasteiger partial charge on any atom is 0.339 e. The van der Waals surface area contributed by atoms with E-state index in [0.29, 0.717) is 27.7 Å². The van der Waals surface area contributed by atoms with Crippen LogP contribution in [0.4, 0.5) is 0 Å². The number of hydrazone groups is 1. The minimum Gasteiger partial charge on any atom is -0.462 e. The lowest BCUT2D eigenvalue weighted by molar-refractivity contribution is 0.0526. The first-order valence-corrected chi connectivity index (χ1v) is 8.91. The van der Waals surface area contributed by atoms with Crippen molar-refractivity contribution < 1.29 is 18.7 Å². The number of ether oxygens (including phenoxy) is 1. The Kier molecular flexibility index (Phi) is 6.24. The van der Waals surface area contributed by atoms with E-state index in [9.17, 15) is 9.59 Å². The molecule has 6 nitrogen and oxygen atoms in total. The van der Waals surface area contributed by atoms with E-state index < -0.39 is 5.97 Å². The van der Waals surface area contributed by atoms with Crippen LogP contribution in [0.15, 0.2) is 70.2 Å². The smallest absolute Gasteiger partial charge is 0.339 e. The lowest BCUT2D eigenvalue weighted by Crippen LogP contribution is -2.17. The number of furan rings is 1. The van der Waals surface area contributed by atoms with Gasteiger partial charge in [0.2, 0.25) is 0 Å². The molecule has 1 amide bonds. The van der Waals surface area contributed by atoms with Crippen molar-refractivity contribution in [1.82, 2.24) is 5.43 Å². The highest BCUT2D eigenvalue weighted by atomic mass is 35.5. The summed E-state index contributed by atoms with van der Waals surface area (Å²) in [6, 6.07) is 17.1. The zero-order chi connectivity index (χ0) is 19.9. The molecule has 0 saturated heterocycles. The molecule has 0 atom stereocenters. The van der Waals surface area contributed by atoms with E-state index >= 15 is 0 Å². The molecule has 0 spiro atoms. The number of nitrogens with zero attached hydrogens (tertiary/aromatic N) is 1. The highest BCUT2D eigenvalue weighted by molar-refractivity contribution is 6.33. The van der Waals surface area contributed by atoms with E-state index in [1.807, 2.05) is 6.07 Å². The van der Waals surface area contributed by atoms with E-state index in [4.69, 9.17) is 20.8 Å². The van der Waals surface area contributed by atoms with Crippen molar-refractivity contribution in [2.24, 2.45) is 5.10 Å². The van der Waals surface area contributed by atoms with Crippen LogP contribution in [0.5, 0.6) is 0 Å². The SMILES string of the molecule is CCOC(=O)c1cc(-c2ccc(/C=N/NC(=O)c3ccccc3)o2)ccc1Cl. The number of halogens is 1. The fourth-order valence-corrected chi connectivity index (χ4v) is 2.62. The van der Waals surface area contributed by atoms with Crippen LogP contribution in [0, 0.1) is 0 Å². The second-order valence-electron chi connectivity index (χ2n) is 5.68. The van der Waals surface area contributed by atoms with Crippen LogP contribution < -0.4 is 5.43 Å². The first-order chi connectivity index (χ1) is 13.6. The lowest BCUT2D eigenvalue weighted by atomic mass is 10.1. The maximum absolute atomic E-state index is 12.0. The predicted molar refractivity (Wildman–Crippen MR) is 107 cm³/mol. The predicted octanol–water partition coefficient (Wildman–Crippen LogP) is 4.54. The maximum atomic E-state index is 12.0. The second kappa shape index (κ2) is 9.01. The van der Waals surface area contributed by atoms with Crippen LogP contribution in [0.25, 0.3) is 11.3 Å². The number of carbonyl (C=O) groups excluding carboxylic acids is 2. The van der Waals surface area contributed by atoms with Crippen LogP contribution in [0.1, 0.15) is 33.4 Å². The number of rotatable bonds is 6. The molecule has 0 bridgehead atoms. The molecule has 142 valence electrons. The molecule has 3 rings (SSSR count). The molecule has 0 saturated carbocycles. The minimum absolute atomic E-state index is 0.259. The van der Waals surface area contributed by atoms with Crippen molar-refractivity contribution in [3.05, 3.63) is 82.6 Å². The zero-order valence-electron chi connectivity index (χ0n) is 15.0. The van der Waals surface area contributed by atoms with E-state index in [2.05, 4.69) is 10.5 Å². The Morgan fingerprint density at radius 1 is 1.14 bits per heavy atom. The van der Waals surface area contributed by atoms with Gasteiger partial charge < -0.3 is 9.15 Å². The third-order valence-corrected chi connectivity index (χ3v) is 4.10. The standard InChI is InChI=1S/C21H17ClN2O4/c1-2-27-21(26)17-12-15(8-10-18(17)22)19-11-9-16(28-19)13-23-24-20(25)14-6-4-3-5-7-14/h3-13H,2H2,1H3,(H,24,25)/b23-13+. The molecule has 3 aromatic rings. The molecule has 1 aromatic heterocycles. The molecule has 0 fully saturated rings. The van der Waals surface area contributed by atoms with Gasteiger partial charge in [-0.1, -0.05) is 29.8 Å². The summed E-state index contributed by atoms with van der Waals surface area (Å²) >= 11 is 6.08. The molecule has 0 aliphatic heterocycles. The monoisotopic (exact) mass is 396 g/mol. The summed E-state index contributed by atoms with van der Waals surface area (Å²) in [4.78, 5) is 23.9. The highest BCUT2D eigenvalue weighted by Crippen LogP contribution is 2.27. The molecule has 7 heteroatoms. The van der Waals surface area contributed by atoms with E-state index in [1.54, 1.807) is 61.5 Å². The largest absolute Gasteiger partial charge is 0.462 e. The molecule has 0 aliphatic rings. The number of esters is 1. The number of amides is 1. The Balaban J connectivity index is 1.71. The summed E-state index contributed by atoms with van der Waals surface area (Å²) in [6.07, 6.45) is 1.40. The molecule has 0 radical (unpaired) electrons. The van der Waals surface area contributed by atoms with E-state index in [1.165, 1.54) is 6.21 Å². The van der Waals surface area contributed by atoms with Crippen molar-refractivity contribution in [2.75, 3.05) is 6.61 Å². The summed E-state index contributed by atoms with van der Waals surface area (Å²) in [5, 5.41) is 4.20. The Hall–Kier alpha value is -3.38. The Labute approximate surface area is 166 Å². The van der Waals surface area contributed by atoms with Gasteiger partial charge in [0.15, 0.2) is 0 Å². The number of nitrogens with one attached hydrogen (secondary N) is 1. The molecule has 0 unspecified atom stereocenters. The zero-order valence-corrected chi connectivity index (χ0v) is 15.8. The summed E-state index contributed by atoms with van der Waals surface area (Å²) in [6.45, 7) is 1.99. The van der Waals surface area contributed by atoms with Gasteiger partial charge in [-0.3, -0.25) is 4.79 Å². The summed E-state index contributed by atoms with van der Waals surface area (Å²) < 4.78 is 10.7. The van der Waals surface area contributed by atoms with Gasteiger partial charge in [-0.15, -0.1) is 0 Å². The molecule has 28 heavy (non-hydrogen) atoms. The van der Waals surface area contributed by atoms with Gasteiger partial charge in [0.1, 0.15) is 11.5 Å². The van der Waals surface area contributed by atoms with Gasteiger partial charge >= 0.3 is 5.97 Å². The third-order valence-electron chi connectivity index (χ3n) is 3.77. The fourth-order valence-electron chi connectivity index (χ4n) is 2.43. The van der Waals surface area contributed by atoms with Crippen LogP contribution in [-0.2, 0) is 4.74 Å². The van der Waals surface area contributed by atoms with Gasteiger partial charge in [-0.25, -0.2) is 10.2 Å². The van der Waals surface area contributed by atoms with E-state index in [0.717, 1.165) is 0 Å². The first kappa shape index (κ1) is 19.4. The summed E-state index contributed by atoms with van der Waals surface area (Å²) in [5.74, 6) is 0.153. The van der Waals surface area contributed by atoms with Gasteiger partial charge in [0.25, 0.3) is 5.91 Å². The molecular weight excluding hydrogens is 380 g/mol. The Bertz CT molecular complexity index is 1010. The first-order valence-electron chi connectivity index (χ1n) is 8.54. The average molecular weight is 397 g/mol. The topological polar surface area (TPSA) is 80.9 Å². The van der Waals surface area contributed by atoms with Crippen LogP contribution in [-0.4, -0.2) is 24.7 Å². The number of hydrogen-bond donors (Lipinski definition) is 1. The van der Waals surface area contributed by atoms with Crippen LogP contribution in [0.3, 0.4) is 0 Å². The Morgan fingerprint density at radius 3 is 2.68 bits per heavy atom. The van der Waals surface area contributed by atoms with Gasteiger partial charge in [-0.2, -0.15) is 5.10 Å². The molecule has 0 aliphatic carbocycles. The molecule has 2 aromatic carbocycles. The number of carbonyl (C=O) groups is 2. The van der Waals surface area contributed by atoms with Gasteiger partial charge in [0, 0.05) is 11.1 Å². The average Bonchev–Trinajstić information content (AvgIpc) is 3.18. The second-order valence-corrected chi connectivity index (χ2v) is 6.09. The van der Waals surface area contributed by atoms with Gasteiger partial charge in [0.05, 0.1) is 23.4 Å². The summed E-state index contributed by atoms with van der Waals surface area (Å²) in [5.41, 5.74) is 3.87. The van der Waals surface area contributed by atoms with E-state index in [-0.39, 0.29) is 18.1 Å². The lowest BCUT2D eigenvalue weighted by Gasteiger charge is -2.05. The number of benzene rings is 2. The summed E-state index contributed by atoms with van der Waals surface area (Å²) in [7, 11) is 0. The Morgan fingerprint density at radius 2 is 1.93 bits per heavy atom. The molecule has 1 N–H and O–H groups in total. The van der Waals surface area contributed by atoms with Crippen molar-refractivity contribution in [1.29, 1.82) is 0 Å². The number of hydrogen-bond acceptors (Lipinski definition) is 5. The normalized spacial score (nSPS) is 10.8. The molecule has 1 heterocycles.